The summed E-state index contributed by atoms with van der Waals surface area (Å²) in [6.07, 6.45) is 4.22. The van der Waals surface area contributed by atoms with Crippen molar-refractivity contribution < 1.29 is 23.6 Å². The van der Waals surface area contributed by atoms with Crippen LogP contribution in [-0.2, 0) is 22.6 Å². The molecule has 0 unspecified atom stereocenters. The standard InChI is InChI=1S/C30H31Cl2FN2O4/c1-30(2,29(36)37)13-17-8-9-19(11-24(17)33)35-14-18-10-20(35)12-25(18)38-15-21-27(34-39-28(21)16-6-7-16)26-22(31)4-3-5-23(26)32/h3-5,8-9,11,16,18,20,25H,6-7,10,12-15H2,1-2H3,(H,36,37)/t18-,20-,25+/m0/s1. The van der Waals surface area contributed by atoms with E-state index >= 15 is 0 Å². The third-order valence-corrected chi connectivity index (χ3v) is 9.09. The quantitative estimate of drug-likeness (QED) is 0.286. The number of halogens is 3. The van der Waals surface area contributed by atoms with Crippen LogP contribution in [0, 0.1) is 17.2 Å². The Kier molecular flexibility index (Phi) is 6.89. The smallest absolute Gasteiger partial charge is 0.309 e. The molecular weight excluding hydrogens is 542 g/mol. The molecule has 2 bridgehead atoms. The molecule has 206 valence electrons. The monoisotopic (exact) mass is 572 g/mol. The average molecular weight is 573 g/mol. The Morgan fingerprint density at radius 1 is 1.21 bits per heavy atom. The number of hydrogen-bond acceptors (Lipinski definition) is 5. The van der Waals surface area contributed by atoms with Gasteiger partial charge >= 0.3 is 5.97 Å². The number of aliphatic carboxylic acids is 1. The number of carbonyl (C=O) groups is 1. The largest absolute Gasteiger partial charge is 0.481 e. The van der Waals surface area contributed by atoms with Crippen molar-refractivity contribution in [3.8, 4) is 11.3 Å². The molecular formula is C30H31Cl2FN2O4. The maximum Gasteiger partial charge on any atom is 0.309 e. The molecule has 1 aliphatic heterocycles. The van der Waals surface area contributed by atoms with E-state index in [2.05, 4.69) is 10.1 Å². The summed E-state index contributed by atoms with van der Waals surface area (Å²) in [6, 6.07) is 10.8. The molecule has 2 saturated carbocycles. The second-order valence-electron chi connectivity index (χ2n) is 11.8. The molecule has 6 rings (SSSR count). The Labute approximate surface area is 237 Å². The van der Waals surface area contributed by atoms with E-state index in [4.69, 9.17) is 32.5 Å². The van der Waals surface area contributed by atoms with Crippen molar-refractivity contribution in [2.45, 2.75) is 70.6 Å². The van der Waals surface area contributed by atoms with Crippen LogP contribution in [0.4, 0.5) is 10.1 Å². The predicted molar refractivity (Wildman–Crippen MR) is 148 cm³/mol. The normalized spacial score (nSPS) is 22.6. The Hall–Kier alpha value is -2.61. The first kappa shape index (κ1) is 26.6. The van der Waals surface area contributed by atoms with Crippen molar-refractivity contribution in [1.29, 1.82) is 0 Å². The fourth-order valence-electron chi connectivity index (χ4n) is 6.08. The molecule has 6 nitrogen and oxygen atoms in total. The molecule has 1 aromatic heterocycles. The Morgan fingerprint density at radius 3 is 2.56 bits per heavy atom. The Balaban J connectivity index is 1.14. The Morgan fingerprint density at radius 2 is 1.95 bits per heavy atom. The molecule has 9 heteroatoms. The number of piperidine rings is 1. The van der Waals surface area contributed by atoms with Crippen molar-refractivity contribution in [3.05, 3.63) is 69.1 Å². The van der Waals surface area contributed by atoms with Crippen molar-refractivity contribution >= 4 is 34.9 Å². The number of aromatic nitrogens is 1. The zero-order chi connectivity index (χ0) is 27.5. The zero-order valence-corrected chi connectivity index (χ0v) is 23.4. The van der Waals surface area contributed by atoms with E-state index in [0.29, 0.717) is 45.3 Å². The van der Waals surface area contributed by atoms with Gasteiger partial charge in [0.05, 0.1) is 28.2 Å². The SMILES string of the molecule is CC(C)(Cc1ccc(N2C[C@@H]3C[C@H]2C[C@H]3OCc2c(-c3c(Cl)cccc3Cl)noc2C2CC2)cc1F)C(=O)O. The van der Waals surface area contributed by atoms with Gasteiger partial charge in [-0.05, 0) is 75.8 Å². The molecule has 3 atom stereocenters. The fraction of sp³-hybridized carbons (Fsp3) is 0.467. The molecule has 3 fully saturated rings. The highest BCUT2D eigenvalue weighted by Crippen LogP contribution is 2.47. The van der Waals surface area contributed by atoms with E-state index in [9.17, 15) is 14.3 Å². The van der Waals surface area contributed by atoms with Gasteiger partial charge < -0.3 is 19.3 Å². The lowest BCUT2D eigenvalue weighted by Crippen LogP contribution is -2.38. The van der Waals surface area contributed by atoms with E-state index in [1.54, 1.807) is 38.1 Å². The maximum atomic E-state index is 15.0. The maximum absolute atomic E-state index is 15.0. The van der Waals surface area contributed by atoms with Crippen LogP contribution in [-0.4, -0.2) is 34.9 Å². The number of hydrogen-bond donors (Lipinski definition) is 1. The lowest BCUT2D eigenvalue weighted by atomic mass is 9.85. The summed E-state index contributed by atoms with van der Waals surface area (Å²) in [4.78, 5) is 13.7. The van der Waals surface area contributed by atoms with Gasteiger partial charge in [-0.2, -0.15) is 0 Å². The van der Waals surface area contributed by atoms with Gasteiger partial charge in [0.15, 0.2) is 0 Å². The average Bonchev–Trinajstić information content (AvgIpc) is 3.34. The lowest BCUT2D eigenvalue weighted by molar-refractivity contribution is -0.146. The summed E-state index contributed by atoms with van der Waals surface area (Å²) in [6.45, 7) is 4.39. The highest BCUT2D eigenvalue weighted by atomic mass is 35.5. The second kappa shape index (κ2) is 10.1. The van der Waals surface area contributed by atoms with Crippen LogP contribution in [0.1, 0.15) is 62.3 Å². The van der Waals surface area contributed by atoms with E-state index < -0.39 is 11.4 Å². The lowest BCUT2D eigenvalue weighted by Gasteiger charge is -2.33. The van der Waals surface area contributed by atoms with Gasteiger partial charge in [-0.3, -0.25) is 4.79 Å². The number of ether oxygens (including phenoxy) is 1. The van der Waals surface area contributed by atoms with Crippen LogP contribution in [0.25, 0.3) is 11.3 Å². The molecule has 2 aromatic carbocycles. The van der Waals surface area contributed by atoms with Crippen LogP contribution in [0.5, 0.6) is 0 Å². The number of carboxylic acids is 1. The molecule has 0 radical (unpaired) electrons. The van der Waals surface area contributed by atoms with Gasteiger partial charge in [-0.15, -0.1) is 0 Å². The Bertz CT molecular complexity index is 1400. The number of fused-ring (bicyclic) bond motifs is 2. The van der Waals surface area contributed by atoms with E-state index in [-0.39, 0.29) is 24.4 Å². The number of anilines is 1. The third-order valence-electron chi connectivity index (χ3n) is 8.46. The molecule has 1 N–H and O–H groups in total. The summed E-state index contributed by atoms with van der Waals surface area (Å²) in [5.41, 5.74) is 2.48. The molecule has 1 saturated heterocycles. The van der Waals surface area contributed by atoms with Crippen LogP contribution < -0.4 is 4.90 Å². The minimum Gasteiger partial charge on any atom is -0.481 e. The minimum absolute atomic E-state index is 0.0863. The van der Waals surface area contributed by atoms with Gasteiger partial charge in [0.2, 0.25) is 0 Å². The van der Waals surface area contributed by atoms with Crippen molar-refractivity contribution in [3.63, 3.8) is 0 Å². The molecule has 0 amide bonds. The van der Waals surface area contributed by atoms with Crippen LogP contribution >= 0.6 is 23.2 Å². The fourth-order valence-corrected chi connectivity index (χ4v) is 6.65. The molecule has 39 heavy (non-hydrogen) atoms. The number of rotatable bonds is 9. The minimum atomic E-state index is -1.03. The van der Waals surface area contributed by atoms with E-state index in [1.807, 2.05) is 12.1 Å². The molecule has 2 heterocycles. The predicted octanol–water partition coefficient (Wildman–Crippen LogP) is 7.50. The topological polar surface area (TPSA) is 75.8 Å². The van der Waals surface area contributed by atoms with Gasteiger partial charge in [0.1, 0.15) is 17.3 Å². The first-order valence-electron chi connectivity index (χ1n) is 13.4. The van der Waals surface area contributed by atoms with Crippen LogP contribution in [0.3, 0.4) is 0 Å². The van der Waals surface area contributed by atoms with Crippen LogP contribution in [0.15, 0.2) is 40.9 Å². The second-order valence-corrected chi connectivity index (χ2v) is 12.6. The summed E-state index contributed by atoms with van der Waals surface area (Å²) < 4.78 is 27.2. The molecule has 3 aromatic rings. The first-order chi connectivity index (χ1) is 18.6. The third kappa shape index (κ3) is 5.05. The van der Waals surface area contributed by atoms with Gasteiger partial charge in [0, 0.05) is 41.2 Å². The molecule has 0 spiro atoms. The summed E-state index contributed by atoms with van der Waals surface area (Å²) in [7, 11) is 0. The highest BCUT2D eigenvalue weighted by Gasteiger charge is 2.46. The first-order valence-corrected chi connectivity index (χ1v) is 14.2. The van der Waals surface area contributed by atoms with Crippen molar-refractivity contribution in [1.82, 2.24) is 5.16 Å². The van der Waals surface area contributed by atoms with Gasteiger partial charge in [-0.25, -0.2) is 4.39 Å². The van der Waals surface area contributed by atoms with Crippen molar-refractivity contribution in [2.24, 2.45) is 11.3 Å². The molecule has 3 aliphatic rings. The van der Waals surface area contributed by atoms with Crippen molar-refractivity contribution in [2.75, 3.05) is 11.4 Å². The number of benzene rings is 2. The highest BCUT2D eigenvalue weighted by molar-refractivity contribution is 6.39. The summed E-state index contributed by atoms with van der Waals surface area (Å²) in [5.74, 6) is 0.267. The van der Waals surface area contributed by atoms with E-state index in [0.717, 1.165) is 49.2 Å². The summed E-state index contributed by atoms with van der Waals surface area (Å²) >= 11 is 13.0. The molecule has 2 aliphatic carbocycles. The number of nitrogens with zero attached hydrogens (tertiary/aromatic N) is 2. The van der Waals surface area contributed by atoms with Gasteiger partial charge in [-0.1, -0.05) is 40.5 Å². The zero-order valence-electron chi connectivity index (χ0n) is 21.9. The van der Waals surface area contributed by atoms with Crippen LogP contribution in [0.2, 0.25) is 10.0 Å². The number of carboxylic acid groups (broad SMARTS) is 1. The van der Waals surface area contributed by atoms with Gasteiger partial charge in [0.25, 0.3) is 0 Å². The summed E-state index contributed by atoms with van der Waals surface area (Å²) in [5, 5.41) is 14.8. The van der Waals surface area contributed by atoms with E-state index in [1.165, 1.54) is 0 Å².